The molecule has 6 rings (SSSR count). The number of benzene rings is 2. The van der Waals surface area contributed by atoms with Crippen LogP contribution in [0.4, 0.5) is 5.69 Å². The number of aromatic nitrogens is 3. The van der Waals surface area contributed by atoms with Gasteiger partial charge in [0, 0.05) is 30.8 Å². The number of fused-ring (bicyclic) bond motifs is 2. The summed E-state index contributed by atoms with van der Waals surface area (Å²) in [5.41, 5.74) is 5.46. The second kappa shape index (κ2) is 8.95. The first-order valence-electron chi connectivity index (χ1n) is 12.6. The van der Waals surface area contributed by atoms with Gasteiger partial charge in [-0.2, -0.15) is 0 Å². The minimum Gasteiger partial charge on any atom is -0.322 e. The molecule has 0 aliphatic carbocycles. The van der Waals surface area contributed by atoms with Crippen molar-refractivity contribution in [3.63, 3.8) is 0 Å². The van der Waals surface area contributed by atoms with Crippen LogP contribution in [-0.2, 0) is 29.0 Å². The van der Waals surface area contributed by atoms with Crippen LogP contribution in [0.2, 0.25) is 0 Å². The van der Waals surface area contributed by atoms with Gasteiger partial charge in [0.2, 0.25) is 11.8 Å². The minimum atomic E-state index is -0.669. The summed E-state index contributed by atoms with van der Waals surface area (Å²) in [7, 11) is 0. The lowest BCUT2D eigenvalue weighted by atomic mass is 9.98. The molecule has 0 radical (unpaired) electrons. The van der Waals surface area contributed by atoms with Crippen LogP contribution in [0.5, 0.6) is 0 Å². The lowest BCUT2D eigenvalue weighted by Gasteiger charge is -2.29. The van der Waals surface area contributed by atoms with Crippen molar-refractivity contribution in [2.24, 2.45) is 0 Å². The van der Waals surface area contributed by atoms with E-state index in [0.717, 1.165) is 36.1 Å². The number of piperidine rings is 1. The van der Waals surface area contributed by atoms with Crippen molar-refractivity contribution >= 4 is 29.3 Å². The Kier molecular flexibility index (Phi) is 5.58. The van der Waals surface area contributed by atoms with Crippen LogP contribution in [0.1, 0.15) is 63.7 Å². The van der Waals surface area contributed by atoms with Gasteiger partial charge in [0.25, 0.3) is 11.8 Å². The molecule has 188 valence electrons. The largest absolute Gasteiger partial charge is 0.322 e. The average Bonchev–Trinajstić information content (AvgIpc) is 3.53. The van der Waals surface area contributed by atoms with Gasteiger partial charge in [0.05, 0.1) is 11.9 Å². The molecule has 1 aromatic heterocycles. The smallest absolute Gasteiger partial charge is 0.280 e. The first-order chi connectivity index (χ1) is 17.9. The molecule has 10 heteroatoms. The molecule has 1 atom stereocenters. The predicted octanol–water partition coefficient (Wildman–Crippen LogP) is 2.18. The lowest BCUT2D eigenvalue weighted by Crippen LogP contribution is -2.52. The third-order valence-corrected chi connectivity index (χ3v) is 7.41. The van der Waals surface area contributed by atoms with Gasteiger partial charge in [-0.25, -0.2) is 4.68 Å². The first-order valence-corrected chi connectivity index (χ1v) is 12.6. The number of carbonyl (C=O) groups is 4. The maximum absolute atomic E-state index is 13.4. The van der Waals surface area contributed by atoms with E-state index in [4.69, 9.17) is 0 Å². The maximum Gasteiger partial charge on any atom is 0.280 e. The Bertz CT molecular complexity index is 1460. The first kappa shape index (κ1) is 23.1. The highest BCUT2D eigenvalue weighted by Gasteiger charge is 2.39. The van der Waals surface area contributed by atoms with Crippen LogP contribution in [0.15, 0.2) is 42.6 Å². The Morgan fingerprint density at radius 2 is 1.95 bits per heavy atom. The SMILES string of the molecule is CCc1ccc2c(c1)N(C(=O)c1cn(-c3ccc4c(c3)CN(C3CCC(=O)NC3=O)C4=O)nn1)CCC2. The number of imide groups is 1. The molecule has 37 heavy (non-hydrogen) atoms. The molecular weight excluding hydrogens is 472 g/mol. The van der Waals surface area contributed by atoms with Gasteiger partial charge in [0.15, 0.2) is 5.69 Å². The normalized spacial score (nSPS) is 19.1. The standard InChI is InChI=1S/C27H26N6O4/c1-2-16-5-6-17-4-3-11-31(23(17)12-16)27(37)21-15-33(30-29-21)19-7-8-20-18(13-19)14-32(26(20)36)22-9-10-24(34)28-25(22)35/h5-8,12-13,15,22H,2-4,9-11,14H2,1H3,(H,28,34,35). The number of rotatable bonds is 4. The molecule has 0 spiro atoms. The fourth-order valence-corrected chi connectivity index (χ4v) is 5.38. The van der Waals surface area contributed by atoms with Gasteiger partial charge < -0.3 is 9.80 Å². The minimum absolute atomic E-state index is 0.194. The Hall–Kier alpha value is -4.34. The van der Waals surface area contributed by atoms with E-state index < -0.39 is 11.9 Å². The molecule has 4 amide bonds. The zero-order valence-electron chi connectivity index (χ0n) is 20.4. The van der Waals surface area contributed by atoms with Gasteiger partial charge in [0.1, 0.15) is 6.04 Å². The third-order valence-electron chi connectivity index (χ3n) is 7.41. The lowest BCUT2D eigenvalue weighted by molar-refractivity contribution is -0.136. The molecule has 3 aromatic rings. The number of hydrogen-bond donors (Lipinski definition) is 1. The Labute approximate surface area is 213 Å². The summed E-state index contributed by atoms with van der Waals surface area (Å²) in [6.07, 6.45) is 4.86. The number of anilines is 1. The maximum atomic E-state index is 13.4. The molecule has 3 aliphatic rings. The highest BCUT2D eigenvalue weighted by Crippen LogP contribution is 2.31. The highest BCUT2D eigenvalue weighted by atomic mass is 16.2. The molecule has 0 bridgehead atoms. The van der Waals surface area contributed by atoms with Crippen LogP contribution in [0.25, 0.3) is 5.69 Å². The van der Waals surface area contributed by atoms with E-state index in [-0.39, 0.29) is 36.4 Å². The molecule has 10 nitrogen and oxygen atoms in total. The number of carbonyl (C=O) groups excluding carboxylic acids is 4. The van der Waals surface area contributed by atoms with Crippen LogP contribution in [0, 0.1) is 0 Å². The van der Waals surface area contributed by atoms with E-state index in [1.54, 1.807) is 23.2 Å². The van der Waals surface area contributed by atoms with Gasteiger partial charge in [-0.3, -0.25) is 24.5 Å². The summed E-state index contributed by atoms with van der Waals surface area (Å²) in [6.45, 7) is 2.98. The van der Waals surface area contributed by atoms with Gasteiger partial charge in [-0.1, -0.05) is 24.3 Å². The Morgan fingerprint density at radius 3 is 2.76 bits per heavy atom. The van der Waals surface area contributed by atoms with Crippen molar-refractivity contribution in [2.45, 2.75) is 51.6 Å². The van der Waals surface area contributed by atoms with Gasteiger partial charge in [-0.15, -0.1) is 5.10 Å². The zero-order chi connectivity index (χ0) is 25.7. The monoisotopic (exact) mass is 498 g/mol. The van der Waals surface area contributed by atoms with Crippen molar-refractivity contribution in [1.82, 2.24) is 25.2 Å². The van der Waals surface area contributed by atoms with E-state index in [2.05, 4.69) is 40.8 Å². The fraction of sp³-hybridized carbons (Fsp3) is 0.333. The van der Waals surface area contributed by atoms with E-state index in [1.807, 2.05) is 6.07 Å². The van der Waals surface area contributed by atoms with Crippen LogP contribution < -0.4 is 10.2 Å². The second-order valence-corrected chi connectivity index (χ2v) is 9.67. The Balaban J connectivity index is 1.23. The second-order valence-electron chi connectivity index (χ2n) is 9.67. The Morgan fingerprint density at radius 1 is 1.08 bits per heavy atom. The number of hydrogen-bond acceptors (Lipinski definition) is 6. The average molecular weight is 499 g/mol. The molecule has 1 fully saturated rings. The molecule has 1 saturated heterocycles. The third kappa shape index (κ3) is 3.98. The van der Waals surface area contributed by atoms with Crippen molar-refractivity contribution < 1.29 is 19.2 Å². The summed E-state index contributed by atoms with van der Waals surface area (Å²) in [6, 6.07) is 10.9. The van der Waals surface area contributed by atoms with Crippen molar-refractivity contribution in [2.75, 3.05) is 11.4 Å². The molecule has 0 saturated carbocycles. The number of amides is 4. The quantitative estimate of drug-likeness (QED) is 0.551. The molecule has 4 heterocycles. The van der Waals surface area contributed by atoms with Gasteiger partial charge >= 0.3 is 0 Å². The van der Waals surface area contributed by atoms with E-state index in [0.29, 0.717) is 24.2 Å². The van der Waals surface area contributed by atoms with Gasteiger partial charge in [-0.05, 0) is 66.6 Å². The van der Waals surface area contributed by atoms with Crippen LogP contribution in [-0.4, -0.2) is 56.1 Å². The molecular formula is C27H26N6O4. The number of aryl methyl sites for hydroxylation is 2. The van der Waals surface area contributed by atoms with Crippen molar-refractivity contribution in [1.29, 1.82) is 0 Å². The van der Waals surface area contributed by atoms with E-state index in [9.17, 15) is 19.2 Å². The topological polar surface area (TPSA) is 118 Å². The fourth-order valence-electron chi connectivity index (χ4n) is 5.38. The van der Waals surface area contributed by atoms with Crippen LogP contribution in [0.3, 0.4) is 0 Å². The van der Waals surface area contributed by atoms with Crippen molar-refractivity contribution in [3.05, 3.63) is 70.5 Å². The van der Waals surface area contributed by atoms with E-state index >= 15 is 0 Å². The predicted molar refractivity (Wildman–Crippen MR) is 133 cm³/mol. The number of nitrogens with one attached hydrogen (secondary N) is 1. The summed E-state index contributed by atoms with van der Waals surface area (Å²) < 4.78 is 1.53. The highest BCUT2D eigenvalue weighted by molar-refractivity contribution is 6.06. The van der Waals surface area contributed by atoms with E-state index in [1.165, 1.54) is 15.1 Å². The summed E-state index contributed by atoms with van der Waals surface area (Å²) in [4.78, 5) is 53.5. The zero-order valence-corrected chi connectivity index (χ0v) is 20.4. The molecule has 3 aliphatic heterocycles. The number of nitrogens with zero attached hydrogens (tertiary/aromatic N) is 5. The summed E-state index contributed by atoms with van der Waals surface area (Å²) >= 11 is 0. The molecule has 2 aromatic carbocycles. The molecule has 1 unspecified atom stereocenters. The summed E-state index contributed by atoms with van der Waals surface area (Å²) in [5, 5.41) is 10.7. The van der Waals surface area contributed by atoms with Crippen molar-refractivity contribution in [3.8, 4) is 5.69 Å². The van der Waals surface area contributed by atoms with Crippen LogP contribution >= 0.6 is 0 Å². The summed E-state index contributed by atoms with van der Waals surface area (Å²) in [5.74, 6) is -1.19. The molecule has 1 N–H and O–H groups in total.